The van der Waals surface area contributed by atoms with Crippen molar-refractivity contribution in [3.8, 4) is 0 Å². The molecule has 1 fully saturated rings. The van der Waals surface area contributed by atoms with Gasteiger partial charge in [0.05, 0.1) is 12.6 Å². The first-order valence-corrected chi connectivity index (χ1v) is 14.1. The van der Waals surface area contributed by atoms with E-state index in [2.05, 4.69) is 16.0 Å². The van der Waals surface area contributed by atoms with Crippen LogP contribution in [-0.4, -0.2) is 54.0 Å². The molecule has 3 aromatic carbocycles. The Morgan fingerprint density at radius 2 is 1.17 bits per heavy atom. The second kappa shape index (κ2) is 14.4. The summed E-state index contributed by atoms with van der Waals surface area (Å²) in [5.41, 5.74) is 1.58. The molecule has 9 nitrogen and oxygen atoms in total. The summed E-state index contributed by atoms with van der Waals surface area (Å²) in [5.74, 6) is -1.26. The van der Waals surface area contributed by atoms with Crippen molar-refractivity contribution in [3.63, 3.8) is 0 Å². The van der Waals surface area contributed by atoms with Crippen LogP contribution in [0.5, 0.6) is 0 Å². The van der Waals surface area contributed by atoms with Gasteiger partial charge in [0, 0.05) is 6.42 Å². The molecule has 0 saturated carbocycles. The van der Waals surface area contributed by atoms with Crippen LogP contribution < -0.4 is 16.0 Å². The number of ether oxygens (including phenoxy) is 2. The maximum absolute atomic E-state index is 13.7. The van der Waals surface area contributed by atoms with Crippen LogP contribution in [0.3, 0.4) is 0 Å². The second-order valence-corrected chi connectivity index (χ2v) is 10.6. The van der Waals surface area contributed by atoms with Gasteiger partial charge < -0.3 is 25.4 Å². The standard InChI is InChI=1S/C33H37N3O6/c1-3-26(36-32(40)41-21-25-17-11-6-12-18-25)30(38)35-28(20-24-15-9-5-10-16-24)31(39)34-27(29(37)33(2)22-42-33)19-23-13-7-4-8-14-23/h4-18,26-28H,3,19-22H2,1-2H3,(H,34,39)(H,35,38)(H,36,40)/t26-,27?,28?,33?/m1/s1. The highest BCUT2D eigenvalue weighted by atomic mass is 16.6. The lowest BCUT2D eigenvalue weighted by molar-refractivity contribution is -0.133. The van der Waals surface area contributed by atoms with E-state index in [1.54, 1.807) is 13.8 Å². The smallest absolute Gasteiger partial charge is 0.408 e. The summed E-state index contributed by atoms with van der Waals surface area (Å²) >= 11 is 0. The lowest BCUT2D eigenvalue weighted by atomic mass is 9.94. The van der Waals surface area contributed by atoms with Gasteiger partial charge in [-0.2, -0.15) is 0 Å². The summed E-state index contributed by atoms with van der Waals surface area (Å²) in [6.07, 6.45) is 0.00318. The topological polar surface area (TPSA) is 126 Å². The molecule has 1 aliphatic heterocycles. The minimum Gasteiger partial charge on any atom is -0.445 e. The number of epoxide rings is 1. The summed E-state index contributed by atoms with van der Waals surface area (Å²) in [4.78, 5) is 52.8. The molecule has 3 N–H and O–H groups in total. The molecule has 0 aliphatic carbocycles. The Morgan fingerprint density at radius 3 is 1.67 bits per heavy atom. The third-order valence-electron chi connectivity index (χ3n) is 7.16. The van der Waals surface area contributed by atoms with Crippen molar-refractivity contribution in [1.29, 1.82) is 0 Å². The number of ketones is 1. The Morgan fingerprint density at radius 1 is 0.714 bits per heavy atom. The van der Waals surface area contributed by atoms with Crippen molar-refractivity contribution in [1.82, 2.24) is 16.0 Å². The van der Waals surface area contributed by atoms with Gasteiger partial charge in [-0.15, -0.1) is 0 Å². The molecule has 1 aliphatic rings. The van der Waals surface area contributed by atoms with Crippen LogP contribution in [0, 0.1) is 0 Å². The number of rotatable bonds is 14. The number of hydrogen-bond donors (Lipinski definition) is 3. The van der Waals surface area contributed by atoms with E-state index >= 15 is 0 Å². The van der Waals surface area contributed by atoms with Crippen LogP contribution in [0.4, 0.5) is 4.79 Å². The number of carbonyl (C=O) groups is 4. The number of amides is 3. The zero-order valence-electron chi connectivity index (χ0n) is 23.9. The van der Waals surface area contributed by atoms with Crippen molar-refractivity contribution in [2.24, 2.45) is 0 Å². The SMILES string of the molecule is CC[C@@H](NC(=O)OCc1ccccc1)C(=O)NC(Cc1ccccc1)C(=O)NC(Cc1ccccc1)C(=O)C1(C)CO1. The van der Waals surface area contributed by atoms with Gasteiger partial charge in [0.1, 0.15) is 24.3 Å². The quantitative estimate of drug-likeness (QED) is 0.254. The van der Waals surface area contributed by atoms with Crippen molar-refractivity contribution >= 4 is 23.7 Å². The van der Waals surface area contributed by atoms with E-state index in [9.17, 15) is 19.2 Å². The first kappa shape index (κ1) is 30.5. The van der Waals surface area contributed by atoms with Crippen LogP contribution in [0.25, 0.3) is 0 Å². The van der Waals surface area contributed by atoms with E-state index in [-0.39, 0.29) is 31.7 Å². The lowest BCUT2D eigenvalue weighted by Crippen LogP contribution is -2.57. The van der Waals surface area contributed by atoms with Gasteiger partial charge in [0.2, 0.25) is 11.8 Å². The predicted octanol–water partition coefficient (Wildman–Crippen LogP) is 3.50. The predicted molar refractivity (Wildman–Crippen MR) is 157 cm³/mol. The molecular formula is C33H37N3O6. The third-order valence-corrected chi connectivity index (χ3v) is 7.16. The van der Waals surface area contributed by atoms with E-state index in [0.717, 1.165) is 16.7 Å². The second-order valence-electron chi connectivity index (χ2n) is 10.6. The zero-order chi connectivity index (χ0) is 30.0. The average Bonchev–Trinajstić information content (AvgIpc) is 3.77. The molecule has 0 radical (unpaired) electrons. The average molecular weight is 572 g/mol. The van der Waals surface area contributed by atoms with Crippen molar-refractivity contribution in [2.45, 2.75) is 63.4 Å². The number of Topliss-reactive ketones (excluding diaryl/α,β-unsaturated/α-hetero) is 1. The highest BCUT2D eigenvalue weighted by Crippen LogP contribution is 2.29. The molecule has 3 unspecified atom stereocenters. The molecule has 220 valence electrons. The largest absolute Gasteiger partial charge is 0.445 e. The summed E-state index contributed by atoms with van der Waals surface area (Å²) < 4.78 is 10.7. The molecule has 0 aromatic heterocycles. The molecule has 0 bridgehead atoms. The van der Waals surface area contributed by atoms with Gasteiger partial charge >= 0.3 is 6.09 Å². The minimum absolute atomic E-state index is 0.0588. The first-order valence-electron chi connectivity index (χ1n) is 14.1. The van der Waals surface area contributed by atoms with E-state index in [1.807, 2.05) is 91.0 Å². The summed E-state index contributed by atoms with van der Waals surface area (Å²) in [6, 6.07) is 25.1. The summed E-state index contributed by atoms with van der Waals surface area (Å²) in [7, 11) is 0. The molecule has 1 saturated heterocycles. The fourth-order valence-electron chi connectivity index (χ4n) is 4.54. The van der Waals surface area contributed by atoms with Crippen LogP contribution in [0.15, 0.2) is 91.0 Å². The van der Waals surface area contributed by atoms with Crippen molar-refractivity contribution < 1.29 is 28.7 Å². The van der Waals surface area contributed by atoms with E-state index in [4.69, 9.17) is 9.47 Å². The molecule has 9 heteroatoms. The third kappa shape index (κ3) is 8.75. The van der Waals surface area contributed by atoms with Crippen LogP contribution in [0.2, 0.25) is 0 Å². The van der Waals surface area contributed by atoms with Gasteiger partial charge in [-0.3, -0.25) is 14.4 Å². The van der Waals surface area contributed by atoms with Crippen LogP contribution in [0.1, 0.15) is 37.0 Å². The van der Waals surface area contributed by atoms with Gasteiger partial charge in [-0.05, 0) is 36.5 Å². The molecule has 0 spiro atoms. The molecule has 3 amide bonds. The van der Waals surface area contributed by atoms with Crippen LogP contribution >= 0.6 is 0 Å². The van der Waals surface area contributed by atoms with E-state index in [1.165, 1.54) is 0 Å². The van der Waals surface area contributed by atoms with Crippen molar-refractivity contribution in [2.75, 3.05) is 6.61 Å². The Kier molecular flexibility index (Phi) is 10.4. The molecule has 4 rings (SSSR count). The zero-order valence-corrected chi connectivity index (χ0v) is 23.9. The number of carbonyl (C=O) groups excluding carboxylic acids is 4. The Bertz CT molecular complexity index is 1350. The summed E-state index contributed by atoms with van der Waals surface area (Å²) in [6.45, 7) is 3.81. The van der Waals surface area contributed by atoms with Crippen LogP contribution in [-0.2, 0) is 43.3 Å². The minimum atomic E-state index is -1.00. The van der Waals surface area contributed by atoms with Gasteiger partial charge in [0.15, 0.2) is 5.78 Å². The van der Waals surface area contributed by atoms with E-state index in [0.29, 0.717) is 6.61 Å². The molecular weight excluding hydrogens is 534 g/mol. The number of nitrogens with one attached hydrogen (secondary N) is 3. The molecule has 42 heavy (non-hydrogen) atoms. The Hall–Kier alpha value is -4.50. The Labute approximate surface area is 246 Å². The van der Waals surface area contributed by atoms with Gasteiger partial charge in [0.25, 0.3) is 0 Å². The maximum Gasteiger partial charge on any atom is 0.408 e. The Balaban J connectivity index is 1.45. The van der Waals surface area contributed by atoms with Crippen molar-refractivity contribution in [3.05, 3.63) is 108 Å². The maximum atomic E-state index is 13.7. The highest BCUT2D eigenvalue weighted by Gasteiger charge is 2.50. The van der Waals surface area contributed by atoms with E-state index < -0.39 is 41.6 Å². The van der Waals surface area contributed by atoms with Gasteiger partial charge in [-0.25, -0.2) is 4.79 Å². The fourth-order valence-corrected chi connectivity index (χ4v) is 4.54. The number of benzene rings is 3. The number of alkyl carbamates (subject to hydrolysis) is 1. The number of hydrogen-bond acceptors (Lipinski definition) is 6. The molecule has 4 atom stereocenters. The first-order chi connectivity index (χ1) is 20.3. The molecule has 1 heterocycles. The van der Waals surface area contributed by atoms with Gasteiger partial charge in [-0.1, -0.05) is 97.9 Å². The fraction of sp³-hybridized carbons (Fsp3) is 0.333. The summed E-state index contributed by atoms with van der Waals surface area (Å²) in [5, 5.41) is 8.26. The lowest BCUT2D eigenvalue weighted by Gasteiger charge is -2.26. The molecule has 3 aromatic rings. The highest BCUT2D eigenvalue weighted by molar-refractivity contribution is 5.98. The normalized spacial score (nSPS) is 17.7. The monoisotopic (exact) mass is 571 g/mol.